The fourth-order valence-electron chi connectivity index (χ4n) is 2.75. The van der Waals surface area contributed by atoms with Gasteiger partial charge in [-0.2, -0.15) is 0 Å². The molecule has 0 aliphatic carbocycles. The second-order valence-electron chi connectivity index (χ2n) is 6.42. The Kier molecular flexibility index (Phi) is 7.52. The van der Waals surface area contributed by atoms with Crippen molar-refractivity contribution in [3.63, 3.8) is 0 Å². The van der Waals surface area contributed by atoms with Crippen LogP contribution in [0.15, 0.2) is 91.0 Å². The minimum atomic E-state index is -2.51. The number of para-hydroxylation sites is 3. The molecule has 0 saturated heterocycles. The molecule has 0 fully saturated rings. The minimum absolute atomic E-state index is 0.449. The van der Waals surface area contributed by atoms with Crippen molar-refractivity contribution in [2.24, 2.45) is 0 Å². The highest BCUT2D eigenvalue weighted by molar-refractivity contribution is 6.73. The number of rotatable bonds is 11. The molecule has 0 aliphatic heterocycles. The van der Waals surface area contributed by atoms with E-state index >= 15 is 0 Å². The topological polar surface area (TPSA) is 36.9 Å². The van der Waals surface area contributed by atoms with Crippen molar-refractivity contribution in [1.82, 2.24) is 0 Å². The third-order valence-electron chi connectivity index (χ3n) is 4.19. The molecule has 28 heavy (non-hydrogen) atoms. The molecule has 4 nitrogen and oxygen atoms in total. The Balaban J connectivity index is 1.73. The Labute approximate surface area is 167 Å². The Morgan fingerprint density at radius 2 is 0.857 bits per heavy atom. The first-order valence-electron chi connectivity index (χ1n) is 9.47. The number of benzene rings is 3. The quantitative estimate of drug-likeness (QED) is 0.437. The van der Waals surface area contributed by atoms with Crippen LogP contribution in [0.1, 0.15) is 6.92 Å². The van der Waals surface area contributed by atoms with E-state index in [1.165, 1.54) is 0 Å². The van der Waals surface area contributed by atoms with E-state index in [9.17, 15) is 0 Å². The fraction of sp³-hybridized carbons (Fsp3) is 0.217. The monoisotopic (exact) mass is 394 g/mol. The first-order chi connectivity index (χ1) is 13.8. The molecule has 0 amide bonds. The summed E-state index contributed by atoms with van der Waals surface area (Å²) in [5.74, 6) is 2.45. The van der Waals surface area contributed by atoms with Gasteiger partial charge in [-0.3, -0.25) is 0 Å². The van der Waals surface area contributed by atoms with Crippen LogP contribution >= 0.6 is 0 Å². The molecular formula is C23H26O4Si. The zero-order valence-corrected chi connectivity index (χ0v) is 17.1. The molecule has 0 radical (unpaired) electrons. The normalized spacial score (nSPS) is 11.0. The summed E-state index contributed by atoms with van der Waals surface area (Å²) in [6, 6.07) is 29.3. The first kappa shape index (κ1) is 20.0. The van der Waals surface area contributed by atoms with Gasteiger partial charge in [-0.25, -0.2) is 0 Å². The lowest BCUT2D eigenvalue weighted by Gasteiger charge is -2.30. The third kappa shape index (κ3) is 6.15. The van der Waals surface area contributed by atoms with Gasteiger partial charge in [0.15, 0.2) is 0 Å². The van der Waals surface area contributed by atoms with Gasteiger partial charge < -0.3 is 18.6 Å². The molecule has 3 rings (SSSR count). The minimum Gasteiger partial charge on any atom is -0.494 e. The van der Waals surface area contributed by atoms with Crippen molar-refractivity contribution in [3.8, 4) is 17.2 Å². The molecule has 0 unspecified atom stereocenters. The predicted molar refractivity (Wildman–Crippen MR) is 113 cm³/mol. The maximum Gasteiger partial charge on any atom is 0.306 e. The molecule has 0 saturated carbocycles. The van der Waals surface area contributed by atoms with Gasteiger partial charge in [-0.05, 0) is 43.3 Å². The zero-order chi connectivity index (χ0) is 19.5. The summed E-state index contributed by atoms with van der Waals surface area (Å²) in [5.41, 5.74) is 0. The number of hydrogen-bond acceptors (Lipinski definition) is 4. The van der Waals surface area contributed by atoms with Gasteiger partial charge in [0.2, 0.25) is 0 Å². The molecule has 3 aromatic rings. The molecule has 0 aromatic heterocycles. The van der Waals surface area contributed by atoms with Crippen LogP contribution in [0.2, 0.25) is 0 Å². The predicted octanol–water partition coefficient (Wildman–Crippen LogP) is 4.82. The molecule has 0 atom stereocenters. The first-order valence-corrected chi connectivity index (χ1v) is 12.0. The van der Waals surface area contributed by atoms with Gasteiger partial charge in [-0.15, -0.1) is 0 Å². The molecule has 0 N–H and O–H groups in total. The molecule has 5 heteroatoms. The van der Waals surface area contributed by atoms with Crippen LogP contribution in [0.3, 0.4) is 0 Å². The maximum absolute atomic E-state index is 6.26. The summed E-state index contributed by atoms with van der Waals surface area (Å²) < 4.78 is 24.5. The number of ether oxygens (including phenoxy) is 3. The molecular weight excluding hydrogens is 368 g/mol. The van der Waals surface area contributed by atoms with Crippen LogP contribution in [0, 0.1) is 0 Å². The van der Waals surface area contributed by atoms with Crippen LogP contribution in [0.5, 0.6) is 17.2 Å². The van der Waals surface area contributed by atoms with E-state index in [2.05, 4.69) is 0 Å². The summed E-state index contributed by atoms with van der Waals surface area (Å²) in [6.45, 7) is 2.58. The highest BCUT2D eigenvalue weighted by Crippen LogP contribution is 2.18. The Morgan fingerprint density at radius 3 is 1.14 bits per heavy atom. The average molecular weight is 395 g/mol. The zero-order valence-electron chi connectivity index (χ0n) is 16.1. The summed E-state index contributed by atoms with van der Waals surface area (Å²) in [6.07, 6.45) is 1.35. The maximum atomic E-state index is 6.26. The van der Waals surface area contributed by atoms with E-state index < -0.39 is 8.32 Å². The van der Waals surface area contributed by atoms with Crippen molar-refractivity contribution in [3.05, 3.63) is 91.0 Å². The third-order valence-corrected chi connectivity index (χ3v) is 7.10. The molecule has 0 bridgehead atoms. The molecule has 0 heterocycles. The van der Waals surface area contributed by atoms with E-state index in [0.29, 0.717) is 25.3 Å². The van der Waals surface area contributed by atoms with Crippen LogP contribution in [0.4, 0.5) is 0 Å². The molecule has 0 aliphatic rings. The van der Waals surface area contributed by atoms with Crippen LogP contribution < -0.4 is 14.2 Å². The lowest BCUT2D eigenvalue weighted by Crippen LogP contribution is -2.56. The second kappa shape index (κ2) is 10.5. The smallest absolute Gasteiger partial charge is 0.306 e. The van der Waals surface area contributed by atoms with Crippen LogP contribution in [0.25, 0.3) is 0 Å². The van der Waals surface area contributed by atoms with Gasteiger partial charge in [0, 0.05) is 6.61 Å². The van der Waals surface area contributed by atoms with Crippen LogP contribution in [-0.2, 0) is 4.43 Å². The largest absolute Gasteiger partial charge is 0.494 e. The second-order valence-corrected chi connectivity index (χ2v) is 9.94. The van der Waals surface area contributed by atoms with Crippen molar-refractivity contribution in [2.75, 3.05) is 25.3 Å². The van der Waals surface area contributed by atoms with E-state index in [1.54, 1.807) is 0 Å². The lowest BCUT2D eigenvalue weighted by atomic mass is 10.3. The molecule has 3 aromatic carbocycles. The number of hydrogen-bond donors (Lipinski definition) is 0. The standard InChI is InChI=1S/C23H26O4Si/c1-2-27-28(18-24-21-12-6-3-7-13-21,19-25-22-14-8-4-9-15-22)20-26-23-16-10-5-11-17-23/h3-17H,2,18-20H2,1H3. The molecule has 146 valence electrons. The van der Waals surface area contributed by atoms with Crippen molar-refractivity contribution in [2.45, 2.75) is 6.92 Å². The highest BCUT2D eigenvalue weighted by Gasteiger charge is 2.39. The Morgan fingerprint density at radius 1 is 0.536 bits per heavy atom. The summed E-state index contributed by atoms with van der Waals surface area (Å²) in [5, 5.41) is 0. The van der Waals surface area contributed by atoms with Gasteiger partial charge in [0.25, 0.3) is 0 Å². The van der Waals surface area contributed by atoms with Gasteiger partial charge >= 0.3 is 8.32 Å². The summed E-state index contributed by atoms with van der Waals surface area (Å²) in [7, 11) is -2.51. The van der Waals surface area contributed by atoms with Gasteiger partial charge in [-0.1, -0.05) is 54.6 Å². The van der Waals surface area contributed by atoms with Gasteiger partial charge in [0.1, 0.15) is 35.9 Å². The lowest BCUT2D eigenvalue weighted by molar-refractivity contribution is 0.216. The summed E-state index contributed by atoms with van der Waals surface area (Å²) in [4.78, 5) is 0. The molecule has 0 spiro atoms. The van der Waals surface area contributed by atoms with Gasteiger partial charge in [0.05, 0.1) is 0 Å². The highest BCUT2D eigenvalue weighted by atomic mass is 28.4. The summed E-state index contributed by atoms with van der Waals surface area (Å²) >= 11 is 0. The van der Waals surface area contributed by atoms with Crippen molar-refractivity contribution < 1.29 is 18.6 Å². The SMILES string of the molecule is CCO[Si](COc1ccccc1)(COc1ccccc1)COc1ccccc1. The van der Waals surface area contributed by atoms with E-state index in [-0.39, 0.29) is 0 Å². The fourth-order valence-corrected chi connectivity index (χ4v) is 5.15. The Hall–Kier alpha value is -2.76. The van der Waals surface area contributed by atoms with Crippen molar-refractivity contribution >= 4 is 8.32 Å². The van der Waals surface area contributed by atoms with Crippen molar-refractivity contribution in [1.29, 1.82) is 0 Å². The van der Waals surface area contributed by atoms with E-state index in [1.807, 2.05) is 97.9 Å². The average Bonchev–Trinajstić information content (AvgIpc) is 2.77. The van der Waals surface area contributed by atoms with E-state index in [4.69, 9.17) is 18.6 Å². The van der Waals surface area contributed by atoms with E-state index in [0.717, 1.165) is 17.2 Å². The van der Waals surface area contributed by atoms with Crippen LogP contribution in [-0.4, -0.2) is 33.6 Å². The Bertz CT molecular complexity index is 690.